The van der Waals surface area contributed by atoms with Crippen molar-refractivity contribution >= 4 is 27.1 Å². The van der Waals surface area contributed by atoms with Crippen LogP contribution < -0.4 is 5.32 Å². The van der Waals surface area contributed by atoms with Crippen LogP contribution in [0.4, 0.5) is 0 Å². The Balaban J connectivity index is 1.77. The minimum absolute atomic E-state index is 0.0140. The molecule has 1 aromatic carbocycles. The first-order valence-corrected chi connectivity index (χ1v) is 10.4. The van der Waals surface area contributed by atoms with E-state index in [1.54, 1.807) is 54.8 Å². The molecule has 0 spiro atoms. The molecule has 0 saturated heterocycles. The Kier molecular flexibility index (Phi) is 5.53. The van der Waals surface area contributed by atoms with Crippen molar-refractivity contribution < 1.29 is 17.7 Å². The van der Waals surface area contributed by atoms with Gasteiger partial charge in [-0.15, -0.1) is 11.3 Å². The van der Waals surface area contributed by atoms with Crippen LogP contribution in [-0.4, -0.2) is 26.0 Å². The first-order valence-electron chi connectivity index (χ1n) is 7.98. The summed E-state index contributed by atoms with van der Waals surface area (Å²) in [7, 11) is -3.61. The van der Waals surface area contributed by atoms with E-state index in [4.69, 9.17) is 4.52 Å². The number of carbonyl (C=O) groups is 1. The summed E-state index contributed by atoms with van der Waals surface area (Å²) in [6, 6.07) is 13.9. The smallest absolute Gasteiger partial charge is 0.226 e. The van der Waals surface area contributed by atoms with Gasteiger partial charge in [-0.05, 0) is 23.9 Å². The van der Waals surface area contributed by atoms with Crippen LogP contribution in [0.15, 0.2) is 62.6 Å². The highest BCUT2D eigenvalue weighted by atomic mass is 32.2. The van der Waals surface area contributed by atoms with Crippen LogP contribution in [0.3, 0.4) is 0 Å². The third kappa shape index (κ3) is 4.20. The molecule has 0 aliphatic heterocycles. The standard InChI is InChI=1S/C18H18N2O4S2/c1-13-10-15(20-24-13)11-17(21)19-12-16(14-6-3-2-4-7-14)26(22,23)18-8-5-9-25-18/h2-10,16H,11-12H2,1H3,(H,19,21). The Morgan fingerprint density at radius 3 is 2.62 bits per heavy atom. The molecule has 1 amide bonds. The summed E-state index contributed by atoms with van der Waals surface area (Å²) in [5, 5.41) is 7.36. The van der Waals surface area contributed by atoms with Crippen molar-refractivity contribution in [2.75, 3.05) is 6.54 Å². The molecule has 3 aromatic rings. The fourth-order valence-corrected chi connectivity index (χ4v) is 5.44. The summed E-state index contributed by atoms with van der Waals surface area (Å²) in [5.74, 6) is 0.316. The molecular weight excluding hydrogens is 372 g/mol. The first-order chi connectivity index (χ1) is 12.5. The summed E-state index contributed by atoms with van der Waals surface area (Å²) >= 11 is 1.17. The Morgan fingerprint density at radius 1 is 1.23 bits per heavy atom. The van der Waals surface area contributed by atoms with E-state index in [0.717, 1.165) is 0 Å². The molecule has 0 bridgehead atoms. The van der Waals surface area contributed by atoms with Crippen LogP contribution >= 0.6 is 11.3 Å². The van der Waals surface area contributed by atoms with Crippen LogP contribution in [0.1, 0.15) is 22.3 Å². The summed E-state index contributed by atoms with van der Waals surface area (Å²) < 4.78 is 31.2. The van der Waals surface area contributed by atoms with Gasteiger partial charge in [0.15, 0.2) is 9.84 Å². The molecule has 2 heterocycles. The number of hydrogen-bond donors (Lipinski definition) is 1. The number of aromatic nitrogens is 1. The second-order valence-corrected chi connectivity index (χ2v) is 9.09. The number of sulfone groups is 1. The highest BCUT2D eigenvalue weighted by Gasteiger charge is 2.30. The summed E-state index contributed by atoms with van der Waals surface area (Å²) in [4.78, 5) is 12.2. The lowest BCUT2D eigenvalue weighted by Crippen LogP contribution is -2.32. The summed E-state index contributed by atoms with van der Waals surface area (Å²) in [5.41, 5.74) is 1.15. The molecular formula is C18H18N2O4S2. The van der Waals surface area contributed by atoms with E-state index < -0.39 is 15.1 Å². The maximum atomic E-state index is 13.0. The maximum absolute atomic E-state index is 13.0. The molecule has 2 aromatic heterocycles. The predicted molar refractivity (Wildman–Crippen MR) is 98.6 cm³/mol. The highest BCUT2D eigenvalue weighted by Crippen LogP contribution is 2.31. The molecule has 1 atom stereocenters. The van der Waals surface area contributed by atoms with E-state index >= 15 is 0 Å². The van der Waals surface area contributed by atoms with Gasteiger partial charge in [0.05, 0.1) is 12.1 Å². The van der Waals surface area contributed by atoms with Gasteiger partial charge in [0.1, 0.15) is 15.2 Å². The second kappa shape index (κ2) is 7.84. The number of aryl methyl sites for hydroxylation is 1. The van der Waals surface area contributed by atoms with Crippen LogP contribution in [0.2, 0.25) is 0 Å². The summed E-state index contributed by atoms with van der Waals surface area (Å²) in [6.45, 7) is 1.73. The van der Waals surface area contributed by atoms with Crippen LogP contribution in [-0.2, 0) is 21.1 Å². The molecule has 0 aliphatic carbocycles. The van der Waals surface area contributed by atoms with Gasteiger partial charge in [0.2, 0.25) is 5.91 Å². The Labute approximate surface area is 155 Å². The number of rotatable bonds is 7. The van der Waals surface area contributed by atoms with Gasteiger partial charge in [-0.25, -0.2) is 8.42 Å². The van der Waals surface area contributed by atoms with E-state index in [1.807, 2.05) is 6.07 Å². The molecule has 0 fully saturated rings. The van der Waals surface area contributed by atoms with E-state index in [2.05, 4.69) is 10.5 Å². The highest BCUT2D eigenvalue weighted by molar-refractivity contribution is 7.93. The third-order valence-electron chi connectivity index (χ3n) is 3.82. The van der Waals surface area contributed by atoms with Gasteiger partial charge in [-0.3, -0.25) is 4.79 Å². The van der Waals surface area contributed by atoms with E-state index in [9.17, 15) is 13.2 Å². The lowest BCUT2D eigenvalue weighted by molar-refractivity contribution is -0.120. The van der Waals surface area contributed by atoms with Crippen LogP contribution in [0.5, 0.6) is 0 Å². The third-order valence-corrected chi connectivity index (χ3v) is 7.36. The molecule has 6 nitrogen and oxygen atoms in total. The largest absolute Gasteiger partial charge is 0.361 e. The molecule has 1 unspecified atom stereocenters. The van der Waals surface area contributed by atoms with Crippen LogP contribution in [0, 0.1) is 6.92 Å². The molecule has 0 radical (unpaired) electrons. The fourth-order valence-electron chi connectivity index (χ4n) is 2.57. The number of nitrogens with zero attached hydrogens (tertiary/aromatic N) is 1. The maximum Gasteiger partial charge on any atom is 0.226 e. The Bertz CT molecular complexity index is 964. The predicted octanol–water partition coefficient (Wildman–Crippen LogP) is 2.92. The van der Waals surface area contributed by atoms with Crippen molar-refractivity contribution in [1.82, 2.24) is 10.5 Å². The summed E-state index contributed by atoms with van der Waals surface area (Å²) in [6.07, 6.45) is 0.0396. The van der Waals surface area contributed by atoms with Gasteiger partial charge in [0.25, 0.3) is 0 Å². The quantitative estimate of drug-likeness (QED) is 0.670. The van der Waals surface area contributed by atoms with Crippen molar-refractivity contribution in [3.63, 3.8) is 0 Å². The number of nitrogens with one attached hydrogen (secondary N) is 1. The first kappa shape index (κ1) is 18.3. The number of benzene rings is 1. The second-order valence-electron chi connectivity index (χ2n) is 5.79. The SMILES string of the molecule is Cc1cc(CC(=O)NCC(c2ccccc2)S(=O)(=O)c2cccs2)no1. The van der Waals surface area contributed by atoms with Crippen molar-refractivity contribution in [1.29, 1.82) is 0 Å². The molecule has 136 valence electrons. The zero-order chi connectivity index (χ0) is 18.6. The minimum atomic E-state index is -3.61. The monoisotopic (exact) mass is 390 g/mol. The lowest BCUT2D eigenvalue weighted by atomic mass is 10.1. The van der Waals surface area contributed by atoms with E-state index in [-0.39, 0.29) is 23.1 Å². The van der Waals surface area contributed by atoms with Crippen LogP contribution in [0.25, 0.3) is 0 Å². The zero-order valence-corrected chi connectivity index (χ0v) is 15.7. The Hall–Kier alpha value is -2.45. The molecule has 1 N–H and O–H groups in total. The van der Waals surface area contributed by atoms with Crippen molar-refractivity contribution in [2.24, 2.45) is 0 Å². The lowest BCUT2D eigenvalue weighted by Gasteiger charge is -2.18. The molecule has 26 heavy (non-hydrogen) atoms. The topological polar surface area (TPSA) is 89.3 Å². The number of carbonyl (C=O) groups excluding carboxylic acids is 1. The molecule has 0 aliphatic rings. The average molecular weight is 390 g/mol. The normalized spacial score (nSPS) is 12.7. The van der Waals surface area contributed by atoms with Crippen molar-refractivity contribution in [3.8, 4) is 0 Å². The Morgan fingerprint density at radius 2 is 2.00 bits per heavy atom. The molecule has 3 rings (SSSR count). The van der Waals surface area contributed by atoms with E-state index in [1.165, 1.54) is 11.3 Å². The molecule has 8 heteroatoms. The fraction of sp³-hybridized carbons (Fsp3) is 0.222. The average Bonchev–Trinajstić information content (AvgIpc) is 3.28. The van der Waals surface area contributed by atoms with Crippen molar-refractivity contribution in [3.05, 3.63) is 70.9 Å². The van der Waals surface area contributed by atoms with Gasteiger partial charge in [0, 0.05) is 12.6 Å². The zero-order valence-electron chi connectivity index (χ0n) is 14.1. The van der Waals surface area contributed by atoms with Crippen molar-refractivity contribution in [2.45, 2.75) is 22.8 Å². The number of amides is 1. The van der Waals surface area contributed by atoms with Gasteiger partial charge in [-0.2, -0.15) is 0 Å². The van der Waals surface area contributed by atoms with E-state index in [0.29, 0.717) is 17.0 Å². The number of thiophene rings is 1. The van der Waals surface area contributed by atoms with Gasteiger partial charge in [-0.1, -0.05) is 41.6 Å². The molecule has 0 saturated carbocycles. The van der Waals surface area contributed by atoms with Gasteiger partial charge < -0.3 is 9.84 Å². The van der Waals surface area contributed by atoms with Gasteiger partial charge >= 0.3 is 0 Å². The number of hydrogen-bond acceptors (Lipinski definition) is 6. The minimum Gasteiger partial charge on any atom is -0.361 e.